The molecule has 75 valence electrons. The fourth-order valence-corrected chi connectivity index (χ4v) is 0.801. The van der Waals surface area contributed by atoms with Crippen LogP contribution in [0.3, 0.4) is 0 Å². The van der Waals surface area contributed by atoms with Crippen molar-refractivity contribution in [1.82, 2.24) is 20.2 Å². The Balaban J connectivity index is 2.50. The number of hydrogen-bond donors (Lipinski definition) is 0. The molecule has 1 heterocycles. The lowest BCUT2D eigenvalue weighted by molar-refractivity contribution is -0.144. The van der Waals surface area contributed by atoms with Crippen molar-refractivity contribution in [2.75, 3.05) is 6.61 Å². The summed E-state index contributed by atoms with van der Waals surface area (Å²) in [6.45, 7) is 1.92. The van der Waals surface area contributed by atoms with Crippen LogP contribution in [0, 0.1) is 0 Å². The SMILES string of the molecule is CCOC(=O)Cn1nnc(C[C]=O)n1. The van der Waals surface area contributed by atoms with Gasteiger partial charge in [0.25, 0.3) is 0 Å². The Hall–Kier alpha value is -1.79. The third-order valence-electron chi connectivity index (χ3n) is 1.30. The first kappa shape index (κ1) is 10.3. The van der Waals surface area contributed by atoms with Gasteiger partial charge in [-0.05, 0) is 12.1 Å². The summed E-state index contributed by atoms with van der Waals surface area (Å²) in [4.78, 5) is 22.0. The maximum atomic E-state index is 11.0. The number of aromatic nitrogens is 4. The van der Waals surface area contributed by atoms with E-state index in [1.54, 1.807) is 13.2 Å². The number of hydrogen-bond acceptors (Lipinski definition) is 6. The normalized spacial score (nSPS) is 9.79. The van der Waals surface area contributed by atoms with Gasteiger partial charge < -0.3 is 4.74 Å². The molecule has 14 heavy (non-hydrogen) atoms. The average molecular weight is 197 g/mol. The molecule has 0 saturated carbocycles. The van der Waals surface area contributed by atoms with Crippen LogP contribution in [0.25, 0.3) is 0 Å². The molecule has 0 unspecified atom stereocenters. The van der Waals surface area contributed by atoms with Gasteiger partial charge in [-0.1, -0.05) is 0 Å². The Labute approximate surface area is 80.0 Å². The highest BCUT2D eigenvalue weighted by Gasteiger charge is 2.07. The molecule has 0 aliphatic rings. The summed E-state index contributed by atoms with van der Waals surface area (Å²) in [7, 11) is 0. The summed E-state index contributed by atoms with van der Waals surface area (Å²) < 4.78 is 4.67. The van der Waals surface area contributed by atoms with Crippen LogP contribution in [0.5, 0.6) is 0 Å². The monoisotopic (exact) mass is 197 g/mol. The summed E-state index contributed by atoms with van der Waals surface area (Å²) >= 11 is 0. The van der Waals surface area contributed by atoms with Gasteiger partial charge in [-0.15, -0.1) is 10.2 Å². The quantitative estimate of drug-likeness (QED) is 0.556. The zero-order valence-corrected chi connectivity index (χ0v) is 7.63. The molecule has 0 aliphatic carbocycles. The Bertz CT molecular complexity index is 322. The van der Waals surface area contributed by atoms with E-state index in [0.717, 1.165) is 4.80 Å². The molecule has 0 spiro atoms. The number of nitrogens with zero attached hydrogens (tertiary/aromatic N) is 4. The van der Waals surface area contributed by atoms with Crippen LogP contribution in [0.15, 0.2) is 0 Å². The minimum Gasteiger partial charge on any atom is -0.465 e. The van der Waals surface area contributed by atoms with Gasteiger partial charge in [-0.25, -0.2) is 4.79 Å². The van der Waals surface area contributed by atoms with Crippen LogP contribution in [0.2, 0.25) is 0 Å². The number of carbonyl (C=O) groups is 1. The fourth-order valence-electron chi connectivity index (χ4n) is 0.801. The van der Waals surface area contributed by atoms with E-state index < -0.39 is 5.97 Å². The average Bonchev–Trinajstić information content (AvgIpc) is 2.53. The highest BCUT2D eigenvalue weighted by molar-refractivity contribution is 5.68. The molecule has 1 aromatic heterocycles. The van der Waals surface area contributed by atoms with Gasteiger partial charge >= 0.3 is 5.97 Å². The molecule has 0 aromatic carbocycles. The van der Waals surface area contributed by atoms with E-state index in [4.69, 9.17) is 0 Å². The van der Waals surface area contributed by atoms with Crippen molar-refractivity contribution in [3.63, 3.8) is 0 Å². The molecule has 1 rings (SSSR count). The van der Waals surface area contributed by atoms with Gasteiger partial charge in [0.15, 0.2) is 12.4 Å². The molecular weight excluding hydrogens is 188 g/mol. The van der Waals surface area contributed by atoms with Gasteiger partial charge in [0.2, 0.25) is 6.29 Å². The molecule has 0 bridgehead atoms. The van der Waals surface area contributed by atoms with Crippen molar-refractivity contribution >= 4 is 12.3 Å². The zero-order chi connectivity index (χ0) is 10.4. The third kappa shape index (κ3) is 2.92. The van der Waals surface area contributed by atoms with Crippen LogP contribution in [-0.2, 0) is 27.3 Å². The van der Waals surface area contributed by atoms with E-state index in [1.165, 1.54) is 0 Å². The minimum atomic E-state index is -0.438. The Morgan fingerprint density at radius 2 is 2.43 bits per heavy atom. The predicted octanol–water partition coefficient (Wildman–Crippen LogP) is -1.11. The molecular formula is C7H9N4O3. The van der Waals surface area contributed by atoms with E-state index in [-0.39, 0.29) is 18.8 Å². The Morgan fingerprint density at radius 1 is 1.64 bits per heavy atom. The van der Waals surface area contributed by atoms with Crippen molar-refractivity contribution in [2.45, 2.75) is 19.9 Å². The van der Waals surface area contributed by atoms with Crippen LogP contribution in [0.4, 0.5) is 0 Å². The molecule has 0 aliphatic heterocycles. The van der Waals surface area contributed by atoms with Crippen LogP contribution in [0.1, 0.15) is 12.7 Å². The molecule has 0 amide bonds. The first-order valence-corrected chi connectivity index (χ1v) is 4.03. The number of ether oxygens (including phenoxy) is 1. The Kier molecular flexibility index (Phi) is 3.71. The lowest BCUT2D eigenvalue weighted by Crippen LogP contribution is -2.15. The van der Waals surface area contributed by atoms with Crippen LogP contribution < -0.4 is 0 Å². The van der Waals surface area contributed by atoms with Crippen LogP contribution >= 0.6 is 0 Å². The lowest BCUT2D eigenvalue weighted by Gasteiger charge is -1.98. The minimum absolute atomic E-state index is 0.0250. The van der Waals surface area contributed by atoms with E-state index >= 15 is 0 Å². The molecule has 1 aromatic rings. The number of rotatable bonds is 5. The zero-order valence-electron chi connectivity index (χ0n) is 7.63. The van der Waals surface area contributed by atoms with Crippen LogP contribution in [-0.4, -0.2) is 39.1 Å². The molecule has 0 atom stereocenters. The lowest BCUT2D eigenvalue weighted by atomic mass is 10.5. The predicted molar refractivity (Wildman–Crippen MR) is 43.8 cm³/mol. The largest absolute Gasteiger partial charge is 0.465 e. The van der Waals surface area contributed by atoms with Crippen molar-refractivity contribution in [1.29, 1.82) is 0 Å². The maximum Gasteiger partial charge on any atom is 0.329 e. The summed E-state index contributed by atoms with van der Waals surface area (Å²) in [5.74, 6) is -0.198. The highest BCUT2D eigenvalue weighted by Crippen LogP contribution is 1.87. The van der Waals surface area contributed by atoms with Crippen molar-refractivity contribution in [2.24, 2.45) is 0 Å². The molecule has 0 N–H and O–H groups in total. The summed E-state index contributed by atoms with van der Waals surface area (Å²) in [6.07, 6.45) is 1.61. The molecule has 0 fully saturated rings. The summed E-state index contributed by atoms with van der Waals surface area (Å²) in [5.41, 5.74) is 0. The standard InChI is InChI=1S/C7H9N4O3/c1-2-14-7(13)5-11-9-6(3-4-12)8-10-11/h2-3,5H2,1H3. The van der Waals surface area contributed by atoms with Gasteiger partial charge in [0, 0.05) is 0 Å². The van der Waals surface area contributed by atoms with Crippen molar-refractivity contribution in [3.8, 4) is 0 Å². The second kappa shape index (κ2) is 5.05. The smallest absolute Gasteiger partial charge is 0.329 e. The Morgan fingerprint density at radius 3 is 3.07 bits per heavy atom. The van der Waals surface area contributed by atoms with E-state index in [2.05, 4.69) is 20.1 Å². The van der Waals surface area contributed by atoms with Gasteiger partial charge in [-0.2, -0.15) is 4.80 Å². The van der Waals surface area contributed by atoms with E-state index in [0.29, 0.717) is 6.61 Å². The second-order valence-electron chi connectivity index (χ2n) is 2.36. The number of carbonyl (C=O) groups excluding carboxylic acids is 2. The first-order chi connectivity index (χ1) is 6.76. The van der Waals surface area contributed by atoms with Gasteiger partial charge in [-0.3, -0.25) is 4.79 Å². The number of esters is 1. The molecule has 7 nitrogen and oxygen atoms in total. The molecule has 7 heteroatoms. The highest BCUT2D eigenvalue weighted by atomic mass is 16.5. The van der Waals surface area contributed by atoms with Crippen molar-refractivity contribution < 1.29 is 14.3 Å². The van der Waals surface area contributed by atoms with Crippen molar-refractivity contribution in [3.05, 3.63) is 5.82 Å². The number of tetrazole rings is 1. The van der Waals surface area contributed by atoms with Gasteiger partial charge in [0.05, 0.1) is 13.0 Å². The maximum absolute atomic E-state index is 11.0. The van der Waals surface area contributed by atoms with Gasteiger partial charge in [0.1, 0.15) is 0 Å². The van der Waals surface area contributed by atoms with E-state index in [9.17, 15) is 9.59 Å². The summed E-state index contributed by atoms with van der Waals surface area (Å²) in [5, 5.41) is 10.8. The molecule has 0 saturated heterocycles. The van der Waals surface area contributed by atoms with E-state index in [1.807, 2.05) is 0 Å². The topological polar surface area (TPSA) is 87.0 Å². The molecule has 1 radical (unpaired) electrons. The second-order valence-corrected chi connectivity index (χ2v) is 2.36. The summed E-state index contributed by atoms with van der Waals surface area (Å²) in [6, 6.07) is 0. The first-order valence-electron chi connectivity index (χ1n) is 4.03. The fraction of sp³-hybridized carbons (Fsp3) is 0.571. The third-order valence-corrected chi connectivity index (χ3v) is 1.30.